The first-order valence-electron chi connectivity index (χ1n) is 38.5. The maximum Gasteiger partial charge on any atom is 0.0215 e. The molecule has 0 saturated carbocycles. The highest BCUT2D eigenvalue weighted by Crippen LogP contribution is 2.61. The zero-order chi connectivity index (χ0) is 66.1. The lowest BCUT2D eigenvalue weighted by Crippen LogP contribution is -2.26. The Bertz CT molecular complexity index is 4720. The van der Waals surface area contributed by atoms with Gasteiger partial charge in [0.05, 0.1) is 0 Å². The summed E-state index contributed by atoms with van der Waals surface area (Å²) in [5.74, 6) is 0. The monoisotopic (exact) mass is 1270 g/mol. The fourth-order valence-electron chi connectivity index (χ4n) is 19.5. The zero-order valence-electron chi connectivity index (χ0n) is 59.3. The summed E-state index contributed by atoms with van der Waals surface area (Å²) in [6.45, 7) is 14.2. The second kappa shape index (κ2) is 27.9. The molecule has 0 radical (unpaired) electrons. The maximum atomic E-state index is 2.71. The molecule has 0 heterocycles. The molecule has 0 N–H and O–H groups in total. The molecule has 3 aliphatic carbocycles. The second-order valence-electron chi connectivity index (χ2n) is 29.8. The summed E-state index contributed by atoms with van der Waals surface area (Å²) in [6, 6.07) is 87.5. The van der Waals surface area contributed by atoms with Gasteiger partial charge in [-0.1, -0.05) is 351 Å². The molecule has 0 bridgehead atoms. The van der Waals surface area contributed by atoms with Gasteiger partial charge in [0.25, 0.3) is 0 Å². The molecule has 0 heteroatoms. The van der Waals surface area contributed by atoms with Crippen molar-refractivity contribution < 1.29 is 0 Å². The van der Waals surface area contributed by atoms with Crippen molar-refractivity contribution in [2.75, 3.05) is 0 Å². The summed E-state index contributed by atoms with van der Waals surface area (Å²) in [4.78, 5) is 0. The Labute approximate surface area is 581 Å². The predicted molar refractivity (Wildman–Crippen MR) is 422 cm³/mol. The van der Waals surface area contributed by atoms with Crippen molar-refractivity contribution in [1.29, 1.82) is 0 Å². The van der Waals surface area contributed by atoms with Gasteiger partial charge in [0.1, 0.15) is 0 Å². The normalized spacial score (nSPS) is 14.3. The van der Waals surface area contributed by atoms with Crippen LogP contribution in [0.1, 0.15) is 229 Å². The predicted octanol–water partition coefficient (Wildman–Crippen LogP) is 29.2. The van der Waals surface area contributed by atoms with Crippen LogP contribution in [0.25, 0.3) is 121 Å². The summed E-state index contributed by atoms with van der Waals surface area (Å²) >= 11 is 0. The molecule has 0 amide bonds. The van der Waals surface area contributed by atoms with Crippen molar-refractivity contribution in [1.82, 2.24) is 0 Å². The van der Waals surface area contributed by atoms with E-state index in [9.17, 15) is 0 Å². The molecule has 97 heavy (non-hydrogen) atoms. The minimum Gasteiger partial charge on any atom is -0.0654 e. The summed E-state index contributed by atoms with van der Waals surface area (Å²) in [5, 5.41) is 10.5. The number of rotatable bonds is 28. The van der Waals surface area contributed by atoms with Gasteiger partial charge in [-0.05, 0) is 217 Å². The molecule has 12 aromatic carbocycles. The molecule has 490 valence electrons. The molecule has 0 saturated heterocycles. The lowest BCUT2D eigenvalue weighted by molar-refractivity contribution is 0.405. The van der Waals surface area contributed by atoms with E-state index >= 15 is 0 Å². The Morgan fingerprint density at radius 1 is 0.186 bits per heavy atom. The first kappa shape index (κ1) is 64.7. The Morgan fingerprint density at radius 3 is 0.660 bits per heavy atom. The lowest BCUT2D eigenvalue weighted by Gasteiger charge is -2.34. The lowest BCUT2D eigenvalue weighted by atomic mass is 9.69. The molecule has 0 spiro atoms. The summed E-state index contributed by atoms with van der Waals surface area (Å²) in [5.41, 5.74) is 28.7. The van der Waals surface area contributed by atoms with Crippen molar-refractivity contribution >= 4 is 43.1 Å². The highest BCUT2D eigenvalue weighted by molar-refractivity contribution is 6.30. The van der Waals surface area contributed by atoms with Gasteiger partial charge < -0.3 is 0 Å². The van der Waals surface area contributed by atoms with E-state index in [4.69, 9.17) is 0 Å². The zero-order valence-corrected chi connectivity index (χ0v) is 59.3. The fourth-order valence-corrected chi connectivity index (χ4v) is 19.5. The first-order chi connectivity index (χ1) is 47.9. The van der Waals surface area contributed by atoms with Crippen LogP contribution in [-0.2, 0) is 16.2 Å². The van der Waals surface area contributed by atoms with Crippen LogP contribution in [0.4, 0.5) is 0 Å². The SMILES string of the molecule is CCCCCC1(CCCCC)c2ccccc2-c2ccc(-c3ccc4c(c3)C(CCCCC)(CCCCC)c3cc(-c5c6ccccc6c(-c6c7ccccc7c(-c7ccc8c(c7)C(CCCCC)(CCCCC)c7ccccc7-8)c7ccccc67)c6ccccc56)ccc3-4)cc21. The van der Waals surface area contributed by atoms with Crippen LogP contribution in [-0.4, -0.2) is 0 Å². The smallest absolute Gasteiger partial charge is 0.0215 e. The molecule has 0 aromatic heterocycles. The van der Waals surface area contributed by atoms with Gasteiger partial charge in [0.15, 0.2) is 0 Å². The van der Waals surface area contributed by atoms with Gasteiger partial charge in [-0.15, -0.1) is 0 Å². The van der Waals surface area contributed by atoms with Crippen LogP contribution in [0.15, 0.2) is 218 Å². The average molecular weight is 1270 g/mol. The van der Waals surface area contributed by atoms with E-state index in [0.29, 0.717) is 0 Å². The van der Waals surface area contributed by atoms with Crippen LogP contribution in [0, 0.1) is 0 Å². The van der Waals surface area contributed by atoms with E-state index in [1.807, 2.05) is 0 Å². The van der Waals surface area contributed by atoms with Crippen LogP contribution < -0.4 is 0 Å². The highest BCUT2D eigenvalue weighted by atomic mass is 14.5. The van der Waals surface area contributed by atoms with Crippen molar-refractivity contribution in [2.45, 2.75) is 212 Å². The molecular formula is C97H102. The third-order valence-electron chi connectivity index (χ3n) is 24.2. The van der Waals surface area contributed by atoms with Crippen molar-refractivity contribution in [2.24, 2.45) is 0 Å². The Hall–Kier alpha value is -8.32. The van der Waals surface area contributed by atoms with E-state index in [0.717, 1.165) is 12.8 Å². The number of benzene rings is 12. The number of hydrogen-bond donors (Lipinski definition) is 0. The van der Waals surface area contributed by atoms with E-state index < -0.39 is 0 Å². The highest BCUT2D eigenvalue weighted by Gasteiger charge is 2.46. The molecule has 0 nitrogen and oxygen atoms in total. The quantitative estimate of drug-likeness (QED) is 0.0339. The minimum absolute atomic E-state index is 0.00187. The van der Waals surface area contributed by atoms with Crippen LogP contribution in [0.5, 0.6) is 0 Å². The van der Waals surface area contributed by atoms with Crippen molar-refractivity contribution in [3.8, 4) is 77.9 Å². The summed E-state index contributed by atoms with van der Waals surface area (Å²) in [6.07, 6.45) is 29.5. The van der Waals surface area contributed by atoms with Crippen molar-refractivity contribution in [3.05, 3.63) is 252 Å². The fraction of sp³-hybridized carbons (Fsp3) is 0.340. The minimum atomic E-state index is -0.114. The third-order valence-corrected chi connectivity index (χ3v) is 24.2. The number of unbranched alkanes of at least 4 members (excludes halogenated alkanes) is 12. The molecule has 12 aromatic rings. The molecule has 3 aliphatic rings. The number of hydrogen-bond acceptors (Lipinski definition) is 0. The van der Waals surface area contributed by atoms with Gasteiger partial charge in [-0.25, -0.2) is 0 Å². The van der Waals surface area contributed by atoms with E-state index in [-0.39, 0.29) is 16.2 Å². The Kier molecular flexibility index (Phi) is 18.6. The standard InChI is InChI=1S/C97H102/c1-7-13-31-57-95(58-32-14-8-2)85-47-29-27-37-71(85)73-53-49-67(63-87(73)95)68-50-54-75-76-56-52-70(66-90(76)97(88(75)64-68,61-35-17-11-5)62-36-18-12-6)92-79-41-21-25-45-83(79)94(84-46-26-22-42-80(84)92)93-81-43-23-19-39-77(81)91(78-40-20-24-44-82(78)93)69-51-55-74-72-38-28-30-48-86(72)96(89(74)65-69,59-33-15-9-3)60-34-16-10-4/h19-30,37-56,63-66H,7-18,31-36,57-62H2,1-6H3. The molecule has 0 aliphatic heterocycles. The van der Waals surface area contributed by atoms with Gasteiger partial charge in [-0.3, -0.25) is 0 Å². The molecule has 0 atom stereocenters. The largest absolute Gasteiger partial charge is 0.0654 e. The summed E-state index contributed by atoms with van der Waals surface area (Å²) < 4.78 is 0. The van der Waals surface area contributed by atoms with E-state index in [1.54, 1.807) is 33.4 Å². The van der Waals surface area contributed by atoms with E-state index in [2.05, 4.69) is 260 Å². The first-order valence-corrected chi connectivity index (χ1v) is 38.5. The third kappa shape index (κ3) is 11.0. The molecule has 0 fully saturated rings. The maximum absolute atomic E-state index is 2.71. The van der Waals surface area contributed by atoms with Gasteiger partial charge >= 0.3 is 0 Å². The topological polar surface area (TPSA) is 0 Å². The Balaban J connectivity index is 0.890. The average Bonchev–Trinajstić information content (AvgIpc) is 1.20. The van der Waals surface area contributed by atoms with Crippen molar-refractivity contribution in [3.63, 3.8) is 0 Å². The van der Waals surface area contributed by atoms with Crippen LogP contribution in [0.3, 0.4) is 0 Å². The van der Waals surface area contributed by atoms with Gasteiger partial charge in [0, 0.05) is 16.2 Å². The molecule has 15 rings (SSSR count). The Morgan fingerprint density at radius 2 is 0.392 bits per heavy atom. The van der Waals surface area contributed by atoms with Gasteiger partial charge in [-0.2, -0.15) is 0 Å². The molecular weight excluding hydrogens is 1170 g/mol. The van der Waals surface area contributed by atoms with E-state index in [1.165, 1.54) is 262 Å². The van der Waals surface area contributed by atoms with Crippen LogP contribution >= 0.6 is 0 Å². The number of fused-ring (bicyclic) bond motifs is 13. The van der Waals surface area contributed by atoms with Crippen LogP contribution in [0.2, 0.25) is 0 Å². The molecule has 0 unspecified atom stereocenters. The summed E-state index contributed by atoms with van der Waals surface area (Å²) in [7, 11) is 0. The van der Waals surface area contributed by atoms with Gasteiger partial charge in [0.2, 0.25) is 0 Å². The second-order valence-corrected chi connectivity index (χ2v) is 29.8.